The Labute approximate surface area is 126 Å². The van der Waals surface area contributed by atoms with Gasteiger partial charge < -0.3 is 4.18 Å². The summed E-state index contributed by atoms with van der Waals surface area (Å²) in [5.41, 5.74) is -0.0917. The molecule has 0 radical (unpaired) electrons. The summed E-state index contributed by atoms with van der Waals surface area (Å²) >= 11 is 5.58. The van der Waals surface area contributed by atoms with E-state index in [2.05, 4.69) is 25.8 Å². The van der Waals surface area contributed by atoms with E-state index in [-0.39, 0.29) is 15.5 Å². The van der Waals surface area contributed by atoms with Gasteiger partial charge in [0.15, 0.2) is 5.78 Å². The molecule has 1 aromatic heterocycles. The Hall–Kier alpha value is -0.650. The first kappa shape index (κ1) is 17.4. The minimum absolute atomic E-state index is 0.0215. The van der Waals surface area contributed by atoms with Crippen LogP contribution in [0.15, 0.2) is 12.1 Å². The van der Waals surface area contributed by atoms with Crippen LogP contribution in [0.1, 0.15) is 38.1 Å². The fraction of sp³-hybridized carbons (Fsp3) is 0.571. The highest BCUT2D eigenvalue weighted by molar-refractivity contribution is 8.29. The zero-order valence-corrected chi connectivity index (χ0v) is 14.2. The number of aromatic nitrogens is 1. The van der Waals surface area contributed by atoms with E-state index < -0.39 is 28.1 Å². The summed E-state index contributed by atoms with van der Waals surface area (Å²) in [5.74, 6) is -1.28. The number of rotatable bonds is 4. The fourth-order valence-corrected chi connectivity index (χ4v) is 2.60. The lowest BCUT2D eigenvalue weighted by atomic mass is 10.1. The van der Waals surface area contributed by atoms with Gasteiger partial charge in [0, 0.05) is 4.75 Å². The van der Waals surface area contributed by atoms with Gasteiger partial charge in [0.1, 0.15) is 11.3 Å². The second-order valence-corrected chi connectivity index (χ2v) is 10.2. The van der Waals surface area contributed by atoms with Crippen molar-refractivity contribution in [2.75, 3.05) is 12.5 Å². The van der Waals surface area contributed by atoms with Gasteiger partial charge in [0.2, 0.25) is 5.95 Å². The van der Waals surface area contributed by atoms with Crippen molar-refractivity contribution in [2.24, 2.45) is 0 Å². The van der Waals surface area contributed by atoms with E-state index in [4.69, 9.17) is 15.8 Å². The zero-order chi connectivity index (χ0) is 15.7. The molecule has 6 heteroatoms. The number of hydrogen-bond acceptors (Lipinski definition) is 3. The predicted octanol–water partition coefficient (Wildman–Crippen LogP) is 4.24. The van der Waals surface area contributed by atoms with Crippen molar-refractivity contribution in [2.45, 2.75) is 38.5 Å². The van der Waals surface area contributed by atoms with Gasteiger partial charge in [-0.3, -0.25) is 4.79 Å². The Balaban J connectivity index is 2.93. The number of carbonyl (C=O) groups is 1. The van der Waals surface area contributed by atoms with Gasteiger partial charge in [0.05, 0.1) is 5.56 Å². The molecular formula is C14H21ClFNO2S. The number of ketones is 1. The number of halogens is 2. The minimum Gasteiger partial charge on any atom is -0.326 e. The molecule has 0 aromatic carbocycles. The van der Waals surface area contributed by atoms with Crippen molar-refractivity contribution in [3.05, 3.63) is 28.8 Å². The monoisotopic (exact) mass is 321 g/mol. The molecule has 1 atom stereocenters. The summed E-state index contributed by atoms with van der Waals surface area (Å²) in [7, 11) is -1.46. The lowest BCUT2D eigenvalue weighted by molar-refractivity contribution is 0.0831. The van der Waals surface area contributed by atoms with Crippen molar-refractivity contribution in [1.82, 2.24) is 4.98 Å². The average molecular weight is 322 g/mol. The van der Waals surface area contributed by atoms with Crippen LogP contribution in [0.4, 0.5) is 4.39 Å². The minimum atomic E-state index is -1.46. The molecular weight excluding hydrogens is 301 g/mol. The normalized spacial score (nSPS) is 15.0. The Bertz CT molecular complexity index is 514. The third-order valence-electron chi connectivity index (χ3n) is 3.31. The van der Waals surface area contributed by atoms with Crippen LogP contribution >= 0.6 is 21.9 Å². The second kappa shape index (κ2) is 6.00. The highest BCUT2D eigenvalue weighted by Crippen LogP contribution is 2.54. The van der Waals surface area contributed by atoms with Crippen LogP contribution < -0.4 is 0 Å². The molecule has 1 unspecified atom stereocenters. The maximum absolute atomic E-state index is 13.7. The number of carbonyl (C=O) groups excluding carboxylic acids is 1. The SMILES string of the molecule is CC(OS(C)(C)C(C)(C)C)C(=O)c1ccc(Cl)nc1F. The van der Waals surface area contributed by atoms with Crippen molar-refractivity contribution in [3.8, 4) is 0 Å². The summed E-state index contributed by atoms with van der Waals surface area (Å²) in [6.07, 6.45) is 3.26. The third kappa shape index (κ3) is 3.93. The second-order valence-electron chi connectivity index (χ2n) is 5.92. The van der Waals surface area contributed by atoms with Crippen molar-refractivity contribution < 1.29 is 13.4 Å². The van der Waals surface area contributed by atoms with Crippen molar-refractivity contribution in [3.63, 3.8) is 0 Å². The molecule has 0 aliphatic rings. The van der Waals surface area contributed by atoms with Gasteiger partial charge in [-0.1, -0.05) is 32.4 Å². The molecule has 0 bridgehead atoms. The van der Waals surface area contributed by atoms with E-state index >= 15 is 0 Å². The van der Waals surface area contributed by atoms with Crippen LogP contribution in [-0.2, 0) is 4.18 Å². The molecule has 0 fully saturated rings. The molecule has 0 saturated heterocycles. The van der Waals surface area contributed by atoms with Crippen LogP contribution in [-0.4, -0.2) is 34.1 Å². The first-order chi connectivity index (χ1) is 8.95. The first-order valence-electron chi connectivity index (χ1n) is 6.23. The maximum atomic E-state index is 13.7. The maximum Gasteiger partial charge on any atom is 0.225 e. The van der Waals surface area contributed by atoms with Crippen molar-refractivity contribution >= 4 is 27.7 Å². The first-order valence-corrected chi connectivity index (χ1v) is 8.98. The number of pyridine rings is 1. The van der Waals surface area contributed by atoms with Crippen LogP contribution in [0, 0.1) is 5.95 Å². The summed E-state index contributed by atoms with van der Waals surface area (Å²) in [6, 6.07) is 2.73. The van der Waals surface area contributed by atoms with Gasteiger partial charge in [-0.25, -0.2) is 4.98 Å². The molecule has 0 aliphatic heterocycles. The molecule has 20 heavy (non-hydrogen) atoms. The van der Waals surface area contributed by atoms with Gasteiger partial charge in [0.25, 0.3) is 0 Å². The molecule has 1 heterocycles. The van der Waals surface area contributed by atoms with Crippen LogP contribution in [0.5, 0.6) is 0 Å². The summed E-state index contributed by atoms with van der Waals surface area (Å²) in [6.45, 7) is 7.81. The summed E-state index contributed by atoms with van der Waals surface area (Å²) in [5, 5.41) is 0.0215. The Kier molecular flexibility index (Phi) is 5.22. The average Bonchev–Trinajstić information content (AvgIpc) is 2.25. The third-order valence-corrected chi connectivity index (χ3v) is 7.24. The van der Waals surface area contributed by atoms with Crippen LogP contribution in [0.3, 0.4) is 0 Å². The predicted molar refractivity (Wildman–Crippen MR) is 83.3 cm³/mol. The van der Waals surface area contributed by atoms with Gasteiger partial charge in [-0.15, -0.1) is 10.3 Å². The van der Waals surface area contributed by atoms with E-state index in [1.54, 1.807) is 6.92 Å². The van der Waals surface area contributed by atoms with E-state index in [0.29, 0.717) is 0 Å². The molecule has 0 N–H and O–H groups in total. The number of Topliss-reactive ketones (excluding diaryl/α,β-unsaturated/α-hetero) is 1. The van der Waals surface area contributed by atoms with E-state index in [9.17, 15) is 9.18 Å². The largest absolute Gasteiger partial charge is 0.326 e. The number of hydrogen-bond donors (Lipinski definition) is 0. The molecule has 0 spiro atoms. The lowest BCUT2D eigenvalue weighted by Gasteiger charge is -2.45. The Morgan fingerprint density at radius 2 is 1.95 bits per heavy atom. The standard InChI is InChI=1S/C14H21ClFNO2S/c1-9(19-20(5,6)14(2,3)4)12(18)10-7-8-11(15)17-13(10)16/h7-9H,1-6H3. The number of nitrogens with zero attached hydrogens (tertiary/aromatic N) is 1. The van der Waals surface area contributed by atoms with Gasteiger partial charge in [-0.2, -0.15) is 4.39 Å². The Morgan fingerprint density at radius 3 is 2.40 bits per heavy atom. The van der Waals surface area contributed by atoms with Crippen LogP contribution in [0.25, 0.3) is 0 Å². The topological polar surface area (TPSA) is 39.2 Å². The van der Waals surface area contributed by atoms with Crippen molar-refractivity contribution in [1.29, 1.82) is 0 Å². The quantitative estimate of drug-likeness (QED) is 0.615. The highest BCUT2D eigenvalue weighted by Gasteiger charge is 2.33. The fourth-order valence-electron chi connectivity index (χ4n) is 1.36. The lowest BCUT2D eigenvalue weighted by Crippen LogP contribution is -2.31. The summed E-state index contributed by atoms with van der Waals surface area (Å²) < 4.78 is 19.5. The van der Waals surface area contributed by atoms with E-state index in [0.717, 1.165) is 0 Å². The highest BCUT2D eigenvalue weighted by atomic mass is 35.5. The molecule has 114 valence electrons. The molecule has 0 amide bonds. The molecule has 1 rings (SSSR count). The zero-order valence-electron chi connectivity index (χ0n) is 12.7. The van der Waals surface area contributed by atoms with Gasteiger partial charge >= 0.3 is 0 Å². The molecule has 0 saturated carbocycles. The molecule has 1 aromatic rings. The summed E-state index contributed by atoms with van der Waals surface area (Å²) in [4.78, 5) is 15.7. The van der Waals surface area contributed by atoms with E-state index in [1.807, 2.05) is 12.5 Å². The van der Waals surface area contributed by atoms with Crippen LogP contribution in [0.2, 0.25) is 5.15 Å². The molecule has 0 aliphatic carbocycles. The van der Waals surface area contributed by atoms with E-state index in [1.165, 1.54) is 12.1 Å². The van der Waals surface area contributed by atoms with Gasteiger partial charge in [-0.05, 0) is 31.6 Å². The Morgan fingerprint density at radius 1 is 1.40 bits per heavy atom. The smallest absolute Gasteiger partial charge is 0.225 e. The molecule has 3 nitrogen and oxygen atoms in total.